The number of nitrogens with one attached hydrogen (secondary N) is 1. The Kier molecular flexibility index (Phi) is 7.55. The van der Waals surface area contributed by atoms with Crippen LogP contribution in [0.3, 0.4) is 0 Å². The van der Waals surface area contributed by atoms with E-state index >= 15 is 0 Å². The zero-order valence-corrected chi connectivity index (χ0v) is 19.4. The van der Waals surface area contributed by atoms with E-state index in [-0.39, 0.29) is 17.9 Å². The number of hydrogen-bond acceptors (Lipinski definition) is 5. The van der Waals surface area contributed by atoms with E-state index in [2.05, 4.69) is 51.4 Å². The molecule has 1 aromatic heterocycles. The summed E-state index contributed by atoms with van der Waals surface area (Å²) in [5, 5.41) is 3.21. The quantitative estimate of drug-likeness (QED) is 0.534. The van der Waals surface area contributed by atoms with Crippen molar-refractivity contribution < 1.29 is 9.53 Å². The standard InChI is InChI=1S/C27H32N4O2/c1-20-7-6-10-24(19-20)33-27-25(28-15-16-29-27)31-17-13-23(14-18-31)26(32)30-21(2)11-12-22-8-4-3-5-9-22/h3-10,15-16,19,21,23H,11-14,17-18H2,1-2H3,(H,30,32)/t21-/m0/s1. The monoisotopic (exact) mass is 444 g/mol. The molecule has 1 fully saturated rings. The van der Waals surface area contributed by atoms with Crippen LogP contribution in [0.2, 0.25) is 0 Å². The van der Waals surface area contributed by atoms with E-state index < -0.39 is 0 Å². The minimum Gasteiger partial charge on any atom is -0.436 e. The molecule has 3 aromatic rings. The predicted octanol–water partition coefficient (Wildman–Crippen LogP) is 4.93. The van der Waals surface area contributed by atoms with Crippen LogP contribution in [0.25, 0.3) is 0 Å². The lowest BCUT2D eigenvalue weighted by Gasteiger charge is -2.33. The molecule has 0 aliphatic carbocycles. The van der Waals surface area contributed by atoms with E-state index in [0.29, 0.717) is 5.88 Å². The van der Waals surface area contributed by atoms with Crippen molar-refractivity contribution in [3.05, 3.63) is 78.1 Å². The van der Waals surface area contributed by atoms with Crippen molar-refractivity contribution in [3.63, 3.8) is 0 Å². The van der Waals surface area contributed by atoms with Gasteiger partial charge in [0.15, 0.2) is 5.82 Å². The molecule has 0 unspecified atom stereocenters. The summed E-state index contributed by atoms with van der Waals surface area (Å²) in [4.78, 5) is 23.9. The number of amides is 1. The highest BCUT2D eigenvalue weighted by Crippen LogP contribution is 2.31. The van der Waals surface area contributed by atoms with Gasteiger partial charge in [-0.15, -0.1) is 0 Å². The molecule has 172 valence electrons. The molecule has 33 heavy (non-hydrogen) atoms. The highest BCUT2D eigenvalue weighted by Gasteiger charge is 2.28. The maximum atomic E-state index is 12.8. The highest BCUT2D eigenvalue weighted by molar-refractivity contribution is 5.79. The fourth-order valence-corrected chi connectivity index (χ4v) is 4.21. The molecule has 1 amide bonds. The molecule has 1 aliphatic heterocycles. The average molecular weight is 445 g/mol. The Morgan fingerprint density at radius 1 is 1.09 bits per heavy atom. The van der Waals surface area contributed by atoms with Crippen molar-refractivity contribution in [3.8, 4) is 11.6 Å². The zero-order chi connectivity index (χ0) is 23.0. The number of aryl methyl sites for hydroxylation is 2. The van der Waals surface area contributed by atoms with Gasteiger partial charge in [0.25, 0.3) is 5.88 Å². The summed E-state index contributed by atoms with van der Waals surface area (Å²) in [7, 11) is 0. The van der Waals surface area contributed by atoms with E-state index in [1.807, 2.05) is 37.3 Å². The molecule has 0 saturated carbocycles. The van der Waals surface area contributed by atoms with Crippen LogP contribution >= 0.6 is 0 Å². The molecule has 2 heterocycles. The van der Waals surface area contributed by atoms with Crippen LogP contribution in [0, 0.1) is 12.8 Å². The number of anilines is 1. The van der Waals surface area contributed by atoms with E-state index in [4.69, 9.17) is 4.74 Å². The Labute approximate surface area is 196 Å². The second-order valence-electron chi connectivity index (χ2n) is 8.80. The van der Waals surface area contributed by atoms with Gasteiger partial charge in [-0.2, -0.15) is 0 Å². The van der Waals surface area contributed by atoms with Gasteiger partial charge in [0.05, 0.1) is 0 Å². The van der Waals surface area contributed by atoms with Gasteiger partial charge in [0.2, 0.25) is 5.91 Å². The lowest BCUT2D eigenvalue weighted by Crippen LogP contribution is -2.43. The van der Waals surface area contributed by atoms with Gasteiger partial charge in [-0.25, -0.2) is 9.97 Å². The molecule has 1 atom stereocenters. The van der Waals surface area contributed by atoms with Crippen molar-refractivity contribution in [1.29, 1.82) is 0 Å². The molecule has 1 saturated heterocycles. The number of benzene rings is 2. The van der Waals surface area contributed by atoms with Gasteiger partial charge in [-0.05, 0) is 62.8 Å². The molecule has 1 aliphatic rings. The molecule has 4 rings (SSSR count). The second-order valence-corrected chi connectivity index (χ2v) is 8.80. The third-order valence-corrected chi connectivity index (χ3v) is 6.11. The SMILES string of the molecule is Cc1cccc(Oc2nccnc2N2CCC(C(=O)N[C@@H](C)CCc3ccccc3)CC2)c1. The van der Waals surface area contributed by atoms with Crippen LogP contribution in [-0.2, 0) is 11.2 Å². The molecule has 0 bridgehead atoms. The summed E-state index contributed by atoms with van der Waals surface area (Å²) in [6.45, 7) is 5.62. The fraction of sp³-hybridized carbons (Fsp3) is 0.370. The topological polar surface area (TPSA) is 67.4 Å². The van der Waals surface area contributed by atoms with E-state index in [1.165, 1.54) is 5.56 Å². The summed E-state index contributed by atoms with van der Waals surface area (Å²) in [5.41, 5.74) is 2.43. The number of nitrogens with zero attached hydrogens (tertiary/aromatic N) is 3. The molecule has 0 radical (unpaired) electrons. The lowest BCUT2D eigenvalue weighted by molar-refractivity contribution is -0.126. The maximum absolute atomic E-state index is 12.8. The van der Waals surface area contributed by atoms with Crippen LogP contribution in [0.1, 0.15) is 37.3 Å². The molecule has 0 spiro atoms. The Morgan fingerprint density at radius 3 is 2.61 bits per heavy atom. The molecule has 1 N–H and O–H groups in total. The van der Waals surface area contributed by atoms with Gasteiger partial charge in [0.1, 0.15) is 5.75 Å². The molecule has 2 aromatic carbocycles. The van der Waals surface area contributed by atoms with Crippen molar-refractivity contribution >= 4 is 11.7 Å². The van der Waals surface area contributed by atoms with Gasteiger partial charge in [0, 0.05) is 37.4 Å². The maximum Gasteiger partial charge on any atom is 0.263 e. The molecule has 6 heteroatoms. The second kappa shape index (κ2) is 10.9. The summed E-state index contributed by atoms with van der Waals surface area (Å²) >= 11 is 0. The number of aromatic nitrogens is 2. The van der Waals surface area contributed by atoms with Gasteiger partial charge < -0.3 is 15.0 Å². The minimum absolute atomic E-state index is 0.0261. The Bertz CT molecular complexity index is 1050. The van der Waals surface area contributed by atoms with E-state index in [9.17, 15) is 4.79 Å². The smallest absolute Gasteiger partial charge is 0.263 e. The number of piperidine rings is 1. The average Bonchev–Trinajstić information content (AvgIpc) is 2.84. The first-order valence-electron chi connectivity index (χ1n) is 11.7. The number of rotatable bonds is 8. The first-order chi connectivity index (χ1) is 16.1. The Hall–Kier alpha value is -3.41. The normalized spacial score (nSPS) is 15.2. The van der Waals surface area contributed by atoms with Crippen molar-refractivity contribution in [2.45, 2.75) is 45.6 Å². The first-order valence-corrected chi connectivity index (χ1v) is 11.7. The largest absolute Gasteiger partial charge is 0.436 e. The zero-order valence-electron chi connectivity index (χ0n) is 19.4. The first kappa shape index (κ1) is 22.8. The van der Waals surface area contributed by atoms with Crippen LogP contribution in [0.5, 0.6) is 11.6 Å². The van der Waals surface area contributed by atoms with Gasteiger partial charge in [-0.3, -0.25) is 4.79 Å². The number of carbonyl (C=O) groups is 1. The van der Waals surface area contributed by atoms with Crippen LogP contribution in [-0.4, -0.2) is 35.0 Å². The lowest BCUT2D eigenvalue weighted by atomic mass is 9.95. The summed E-state index contributed by atoms with van der Waals surface area (Å²) < 4.78 is 6.04. The van der Waals surface area contributed by atoms with Crippen LogP contribution in [0.4, 0.5) is 5.82 Å². The molecular weight excluding hydrogens is 412 g/mol. The van der Waals surface area contributed by atoms with Gasteiger partial charge in [-0.1, -0.05) is 42.5 Å². The molecular formula is C27H32N4O2. The minimum atomic E-state index is 0.0261. The predicted molar refractivity (Wildman–Crippen MR) is 131 cm³/mol. The van der Waals surface area contributed by atoms with E-state index in [0.717, 1.165) is 55.9 Å². The van der Waals surface area contributed by atoms with Gasteiger partial charge >= 0.3 is 0 Å². The Balaban J connectivity index is 1.29. The summed E-state index contributed by atoms with van der Waals surface area (Å²) in [6, 6.07) is 18.5. The number of carbonyl (C=O) groups excluding carboxylic acids is 1. The molecule has 6 nitrogen and oxygen atoms in total. The number of ether oxygens (including phenoxy) is 1. The van der Waals surface area contributed by atoms with Crippen molar-refractivity contribution in [2.75, 3.05) is 18.0 Å². The van der Waals surface area contributed by atoms with E-state index in [1.54, 1.807) is 12.4 Å². The highest BCUT2D eigenvalue weighted by atomic mass is 16.5. The number of hydrogen-bond donors (Lipinski definition) is 1. The fourth-order valence-electron chi connectivity index (χ4n) is 4.21. The third kappa shape index (κ3) is 6.31. The van der Waals surface area contributed by atoms with Crippen LogP contribution < -0.4 is 15.0 Å². The summed E-state index contributed by atoms with van der Waals surface area (Å²) in [5.74, 6) is 2.16. The Morgan fingerprint density at radius 2 is 1.85 bits per heavy atom. The van der Waals surface area contributed by atoms with Crippen molar-refractivity contribution in [2.24, 2.45) is 5.92 Å². The van der Waals surface area contributed by atoms with Crippen molar-refractivity contribution in [1.82, 2.24) is 15.3 Å². The van der Waals surface area contributed by atoms with Crippen LogP contribution in [0.15, 0.2) is 67.0 Å². The summed E-state index contributed by atoms with van der Waals surface area (Å²) in [6.07, 6.45) is 6.82. The third-order valence-electron chi connectivity index (χ3n) is 6.11.